The van der Waals surface area contributed by atoms with Crippen molar-refractivity contribution < 1.29 is 14.7 Å². The summed E-state index contributed by atoms with van der Waals surface area (Å²) in [5.74, 6) is -0.822. The Morgan fingerprint density at radius 1 is 1.33 bits per heavy atom. The van der Waals surface area contributed by atoms with E-state index >= 15 is 0 Å². The summed E-state index contributed by atoms with van der Waals surface area (Å²) in [6.45, 7) is 5.00. The van der Waals surface area contributed by atoms with Crippen molar-refractivity contribution in [3.63, 3.8) is 0 Å². The summed E-state index contributed by atoms with van der Waals surface area (Å²) in [5.41, 5.74) is 0. The second-order valence-electron chi connectivity index (χ2n) is 3.55. The van der Waals surface area contributed by atoms with Crippen LogP contribution in [0, 0.1) is 0 Å². The Morgan fingerprint density at radius 3 is 2.53 bits per heavy atom. The molecular formula is C10H20N2O3. The summed E-state index contributed by atoms with van der Waals surface area (Å²) >= 11 is 0. The van der Waals surface area contributed by atoms with Crippen LogP contribution in [0.1, 0.15) is 33.1 Å². The lowest BCUT2D eigenvalue weighted by Gasteiger charge is -2.10. The van der Waals surface area contributed by atoms with Crippen molar-refractivity contribution >= 4 is 11.9 Å². The first-order valence-corrected chi connectivity index (χ1v) is 5.28. The van der Waals surface area contributed by atoms with Crippen LogP contribution in [0.15, 0.2) is 0 Å². The summed E-state index contributed by atoms with van der Waals surface area (Å²) in [4.78, 5) is 21.5. The summed E-state index contributed by atoms with van der Waals surface area (Å²) in [6.07, 6.45) is 1.40. The largest absolute Gasteiger partial charge is 0.481 e. The molecule has 0 saturated carbocycles. The number of hydrogen-bond donors (Lipinski definition) is 3. The van der Waals surface area contributed by atoms with E-state index in [1.54, 1.807) is 6.92 Å². The van der Waals surface area contributed by atoms with Gasteiger partial charge in [0.2, 0.25) is 5.91 Å². The van der Waals surface area contributed by atoms with Crippen molar-refractivity contribution in [2.45, 2.75) is 39.2 Å². The molecule has 1 amide bonds. The van der Waals surface area contributed by atoms with Gasteiger partial charge in [0.05, 0.1) is 6.42 Å². The Hall–Kier alpha value is -1.10. The molecule has 1 atom stereocenters. The number of carbonyl (C=O) groups is 2. The summed E-state index contributed by atoms with van der Waals surface area (Å²) in [5, 5.41) is 14.2. The Bertz CT molecular complexity index is 207. The zero-order valence-electron chi connectivity index (χ0n) is 9.38. The molecule has 0 fully saturated rings. The van der Waals surface area contributed by atoms with E-state index in [9.17, 15) is 9.59 Å². The Balaban J connectivity index is 3.43. The van der Waals surface area contributed by atoms with Crippen molar-refractivity contribution in [2.24, 2.45) is 0 Å². The molecule has 88 valence electrons. The van der Waals surface area contributed by atoms with E-state index in [4.69, 9.17) is 5.11 Å². The van der Waals surface area contributed by atoms with Crippen LogP contribution in [-0.4, -0.2) is 36.1 Å². The standard InChI is InChI=1S/C10H20N2O3/c1-3-5-12-9(13)4-6-11-8(2)7-10(14)15/h8,11H,3-7H2,1-2H3,(H,12,13)(H,14,15). The van der Waals surface area contributed by atoms with Gasteiger partial charge in [-0.1, -0.05) is 6.92 Å². The average Bonchev–Trinajstić information content (AvgIpc) is 2.13. The molecule has 1 unspecified atom stereocenters. The smallest absolute Gasteiger partial charge is 0.304 e. The lowest BCUT2D eigenvalue weighted by molar-refractivity contribution is -0.137. The minimum absolute atomic E-state index is 0.00637. The van der Waals surface area contributed by atoms with Crippen LogP contribution in [0.2, 0.25) is 0 Å². The van der Waals surface area contributed by atoms with Gasteiger partial charge in [-0.05, 0) is 13.3 Å². The first-order valence-electron chi connectivity index (χ1n) is 5.28. The molecule has 0 aliphatic heterocycles. The molecule has 0 bridgehead atoms. The van der Waals surface area contributed by atoms with Gasteiger partial charge in [-0.2, -0.15) is 0 Å². The number of carboxylic acids is 1. The van der Waals surface area contributed by atoms with Crippen LogP contribution < -0.4 is 10.6 Å². The fraction of sp³-hybridized carbons (Fsp3) is 0.800. The molecule has 0 radical (unpaired) electrons. The maximum atomic E-state index is 11.1. The van der Waals surface area contributed by atoms with Crippen molar-refractivity contribution in [3.8, 4) is 0 Å². The summed E-state index contributed by atoms with van der Waals surface area (Å²) in [6, 6.07) is -0.0959. The van der Waals surface area contributed by atoms with Crippen LogP contribution >= 0.6 is 0 Å². The zero-order valence-corrected chi connectivity index (χ0v) is 9.38. The highest BCUT2D eigenvalue weighted by Gasteiger charge is 2.07. The lowest BCUT2D eigenvalue weighted by atomic mass is 10.2. The van der Waals surface area contributed by atoms with Crippen LogP contribution in [0.5, 0.6) is 0 Å². The molecule has 15 heavy (non-hydrogen) atoms. The van der Waals surface area contributed by atoms with Gasteiger partial charge in [0.15, 0.2) is 0 Å². The van der Waals surface area contributed by atoms with Gasteiger partial charge in [0.1, 0.15) is 0 Å². The van der Waals surface area contributed by atoms with Crippen LogP contribution in [0.25, 0.3) is 0 Å². The molecular weight excluding hydrogens is 196 g/mol. The number of nitrogens with one attached hydrogen (secondary N) is 2. The van der Waals surface area contributed by atoms with Crippen molar-refractivity contribution in [1.82, 2.24) is 10.6 Å². The second-order valence-corrected chi connectivity index (χ2v) is 3.55. The van der Waals surface area contributed by atoms with E-state index in [1.807, 2.05) is 6.92 Å². The first kappa shape index (κ1) is 13.9. The number of carbonyl (C=O) groups excluding carboxylic acids is 1. The molecule has 0 aliphatic carbocycles. The predicted octanol–water partition coefficient (Wildman–Crippen LogP) is 0.355. The lowest BCUT2D eigenvalue weighted by Crippen LogP contribution is -2.33. The van der Waals surface area contributed by atoms with Crippen molar-refractivity contribution in [2.75, 3.05) is 13.1 Å². The average molecular weight is 216 g/mol. The molecule has 3 N–H and O–H groups in total. The van der Waals surface area contributed by atoms with Gasteiger partial charge in [0, 0.05) is 25.6 Å². The van der Waals surface area contributed by atoms with Crippen molar-refractivity contribution in [1.29, 1.82) is 0 Å². The Morgan fingerprint density at radius 2 is 2.00 bits per heavy atom. The number of carboxylic acid groups (broad SMARTS) is 1. The number of amides is 1. The van der Waals surface area contributed by atoms with Crippen molar-refractivity contribution in [3.05, 3.63) is 0 Å². The minimum Gasteiger partial charge on any atom is -0.481 e. The Labute approximate surface area is 90.2 Å². The monoisotopic (exact) mass is 216 g/mol. The van der Waals surface area contributed by atoms with E-state index < -0.39 is 5.97 Å². The minimum atomic E-state index is -0.828. The third-order valence-electron chi connectivity index (χ3n) is 1.90. The highest BCUT2D eigenvalue weighted by Crippen LogP contribution is 1.90. The molecule has 0 aliphatic rings. The number of hydrogen-bond acceptors (Lipinski definition) is 3. The quantitative estimate of drug-likeness (QED) is 0.547. The highest BCUT2D eigenvalue weighted by atomic mass is 16.4. The van der Waals surface area contributed by atoms with E-state index in [2.05, 4.69) is 10.6 Å². The molecule has 0 aromatic carbocycles. The molecule has 0 rings (SSSR count). The van der Waals surface area contributed by atoms with Crippen LogP contribution in [-0.2, 0) is 9.59 Å². The SMILES string of the molecule is CCCNC(=O)CCNC(C)CC(=O)O. The topological polar surface area (TPSA) is 78.4 Å². The molecule has 0 heterocycles. The van der Waals surface area contributed by atoms with E-state index in [-0.39, 0.29) is 18.4 Å². The van der Waals surface area contributed by atoms with Gasteiger partial charge in [-0.3, -0.25) is 9.59 Å². The number of rotatable bonds is 8. The second kappa shape index (κ2) is 8.23. The molecule has 5 heteroatoms. The fourth-order valence-corrected chi connectivity index (χ4v) is 1.12. The Kier molecular flexibility index (Phi) is 7.62. The normalized spacial score (nSPS) is 12.1. The van der Waals surface area contributed by atoms with Gasteiger partial charge >= 0.3 is 5.97 Å². The molecule has 5 nitrogen and oxygen atoms in total. The van der Waals surface area contributed by atoms with Gasteiger partial charge < -0.3 is 15.7 Å². The fourth-order valence-electron chi connectivity index (χ4n) is 1.12. The van der Waals surface area contributed by atoms with Crippen LogP contribution in [0.4, 0.5) is 0 Å². The van der Waals surface area contributed by atoms with Gasteiger partial charge in [0.25, 0.3) is 0 Å². The first-order chi connectivity index (χ1) is 7.06. The third kappa shape index (κ3) is 9.21. The maximum absolute atomic E-state index is 11.1. The molecule has 0 aromatic heterocycles. The van der Waals surface area contributed by atoms with E-state index in [0.29, 0.717) is 19.5 Å². The van der Waals surface area contributed by atoms with E-state index in [1.165, 1.54) is 0 Å². The number of aliphatic carboxylic acids is 1. The molecule has 0 spiro atoms. The molecule has 0 saturated heterocycles. The van der Waals surface area contributed by atoms with Gasteiger partial charge in [-0.15, -0.1) is 0 Å². The summed E-state index contributed by atoms with van der Waals surface area (Å²) < 4.78 is 0. The summed E-state index contributed by atoms with van der Waals surface area (Å²) in [7, 11) is 0. The highest BCUT2D eigenvalue weighted by molar-refractivity contribution is 5.76. The molecule has 0 aromatic rings. The van der Waals surface area contributed by atoms with Crippen LogP contribution in [0.3, 0.4) is 0 Å². The van der Waals surface area contributed by atoms with E-state index in [0.717, 1.165) is 6.42 Å². The predicted molar refractivity (Wildman–Crippen MR) is 57.6 cm³/mol. The van der Waals surface area contributed by atoms with Gasteiger partial charge in [-0.25, -0.2) is 0 Å². The maximum Gasteiger partial charge on any atom is 0.304 e. The third-order valence-corrected chi connectivity index (χ3v) is 1.90. The zero-order chi connectivity index (χ0) is 11.7.